The van der Waals surface area contributed by atoms with E-state index in [9.17, 15) is 18.0 Å². The van der Waals surface area contributed by atoms with Crippen LogP contribution in [0, 0.1) is 24.4 Å². The van der Waals surface area contributed by atoms with Gasteiger partial charge in [-0.3, -0.25) is 4.79 Å². The first-order valence-electron chi connectivity index (χ1n) is 7.69. The van der Waals surface area contributed by atoms with Gasteiger partial charge in [0.25, 0.3) is 5.91 Å². The number of hydrogen-bond acceptors (Lipinski definition) is 3. The number of hydrogen-bond donors (Lipinski definition) is 2. The molecule has 0 atom stereocenters. The molecule has 2 aromatic carbocycles. The molecule has 4 nitrogen and oxygen atoms in total. The number of aryl methyl sites for hydroxylation is 1. The molecule has 0 spiro atoms. The lowest BCUT2D eigenvalue weighted by atomic mass is 10.1. The standard InChI is InChI=1S/C19H14F3N3O/c1-11-4-2-3-5-13(11)19(26)24-12-6-9-16(23-10-12)25-15-8-7-14(20)17(21)18(15)22/h2-10H,1H3,(H,23,25)(H,24,26). The van der Waals surface area contributed by atoms with Crippen molar-refractivity contribution >= 4 is 23.1 Å². The summed E-state index contributed by atoms with van der Waals surface area (Å²) in [6, 6.07) is 12.1. The normalized spacial score (nSPS) is 10.5. The van der Waals surface area contributed by atoms with E-state index < -0.39 is 17.5 Å². The molecule has 0 radical (unpaired) electrons. The lowest BCUT2D eigenvalue weighted by Crippen LogP contribution is -2.13. The Labute approximate surface area is 147 Å². The maximum atomic E-state index is 13.7. The smallest absolute Gasteiger partial charge is 0.255 e. The fraction of sp³-hybridized carbons (Fsp3) is 0.0526. The second kappa shape index (κ2) is 7.26. The predicted octanol–water partition coefficient (Wildman–Crippen LogP) is 4.80. The number of halogens is 3. The SMILES string of the molecule is Cc1ccccc1C(=O)Nc1ccc(Nc2ccc(F)c(F)c2F)nc1. The quantitative estimate of drug-likeness (QED) is 0.659. The molecular weight excluding hydrogens is 343 g/mol. The van der Waals surface area contributed by atoms with Gasteiger partial charge in [0.2, 0.25) is 0 Å². The Balaban J connectivity index is 1.72. The third-order valence-electron chi connectivity index (χ3n) is 3.71. The van der Waals surface area contributed by atoms with Crippen LogP contribution >= 0.6 is 0 Å². The molecular formula is C19H14F3N3O. The third kappa shape index (κ3) is 3.66. The largest absolute Gasteiger partial charge is 0.338 e. The van der Waals surface area contributed by atoms with E-state index in [2.05, 4.69) is 15.6 Å². The van der Waals surface area contributed by atoms with Gasteiger partial charge in [-0.25, -0.2) is 18.2 Å². The van der Waals surface area contributed by atoms with E-state index in [0.717, 1.165) is 17.7 Å². The summed E-state index contributed by atoms with van der Waals surface area (Å²) in [5, 5.41) is 5.26. The zero-order valence-electron chi connectivity index (χ0n) is 13.7. The minimum Gasteiger partial charge on any atom is -0.338 e. The number of amides is 1. The van der Waals surface area contributed by atoms with E-state index in [-0.39, 0.29) is 17.4 Å². The Hall–Kier alpha value is -3.35. The molecule has 0 saturated heterocycles. The highest BCUT2D eigenvalue weighted by Crippen LogP contribution is 2.23. The number of pyridine rings is 1. The number of carbonyl (C=O) groups is 1. The molecule has 0 fully saturated rings. The molecule has 0 aliphatic heterocycles. The predicted molar refractivity (Wildman–Crippen MR) is 93.0 cm³/mol. The van der Waals surface area contributed by atoms with Crippen molar-refractivity contribution in [1.82, 2.24) is 4.98 Å². The summed E-state index contributed by atoms with van der Waals surface area (Å²) in [7, 11) is 0. The van der Waals surface area contributed by atoms with Gasteiger partial charge in [-0.15, -0.1) is 0 Å². The molecule has 0 bridgehead atoms. The first-order chi connectivity index (χ1) is 12.5. The van der Waals surface area contributed by atoms with Crippen molar-refractivity contribution < 1.29 is 18.0 Å². The fourth-order valence-corrected chi connectivity index (χ4v) is 2.33. The number of anilines is 3. The Morgan fingerprint density at radius 2 is 1.73 bits per heavy atom. The van der Waals surface area contributed by atoms with Crippen LogP contribution in [0.2, 0.25) is 0 Å². The van der Waals surface area contributed by atoms with Crippen molar-refractivity contribution in [2.24, 2.45) is 0 Å². The molecule has 0 aliphatic rings. The average molecular weight is 357 g/mol. The minimum atomic E-state index is -1.56. The van der Waals surface area contributed by atoms with Crippen LogP contribution in [0.4, 0.5) is 30.4 Å². The zero-order valence-corrected chi connectivity index (χ0v) is 13.7. The number of nitrogens with one attached hydrogen (secondary N) is 2. The van der Waals surface area contributed by atoms with Crippen molar-refractivity contribution in [3.8, 4) is 0 Å². The van der Waals surface area contributed by atoms with Crippen LogP contribution in [0.5, 0.6) is 0 Å². The molecule has 1 aromatic heterocycles. The Kier molecular flexibility index (Phi) is 4.88. The molecule has 0 aliphatic carbocycles. The van der Waals surface area contributed by atoms with Crippen molar-refractivity contribution in [2.75, 3.05) is 10.6 Å². The van der Waals surface area contributed by atoms with Gasteiger partial charge in [-0.2, -0.15) is 0 Å². The van der Waals surface area contributed by atoms with Gasteiger partial charge in [0.1, 0.15) is 5.82 Å². The highest BCUT2D eigenvalue weighted by atomic mass is 19.2. The van der Waals surface area contributed by atoms with Crippen molar-refractivity contribution in [3.63, 3.8) is 0 Å². The Morgan fingerprint density at radius 1 is 0.962 bits per heavy atom. The number of nitrogens with zero attached hydrogens (tertiary/aromatic N) is 1. The first-order valence-corrected chi connectivity index (χ1v) is 7.69. The van der Waals surface area contributed by atoms with Crippen LogP contribution in [0.25, 0.3) is 0 Å². The van der Waals surface area contributed by atoms with E-state index in [1.807, 2.05) is 19.1 Å². The molecule has 1 amide bonds. The number of benzene rings is 2. The molecule has 26 heavy (non-hydrogen) atoms. The minimum absolute atomic E-state index is 0.212. The van der Waals surface area contributed by atoms with Gasteiger partial charge >= 0.3 is 0 Å². The topological polar surface area (TPSA) is 54.0 Å². The number of rotatable bonds is 4. The summed E-state index contributed by atoms with van der Waals surface area (Å²) in [4.78, 5) is 16.3. The van der Waals surface area contributed by atoms with Crippen LogP contribution < -0.4 is 10.6 Å². The van der Waals surface area contributed by atoms with Gasteiger partial charge in [0.15, 0.2) is 17.5 Å². The van der Waals surface area contributed by atoms with Gasteiger partial charge in [0, 0.05) is 5.56 Å². The molecule has 0 unspecified atom stereocenters. The molecule has 7 heteroatoms. The summed E-state index contributed by atoms with van der Waals surface area (Å²) in [5.74, 6) is -4.22. The highest BCUT2D eigenvalue weighted by Gasteiger charge is 2.14. The van der Waals surface area contributed by atoms with Crippen LogP contribution in [-0.4, -0.2) is 10.9 Å². The number of aromatic nitrogens is 1. The van der Waals surface area contributed by atoms with E-state index in [4.69, 9.17) is 0 Å². The van der Waals surface area contributed by atoms with Crippen LogP contribution in [0.1, 0.15) is 15.9 Å². The van der Waals surface area contributed by atoms with Gasteiger partial charge < -0.3 is 10.6 Å². The monoisotopic (exact) mass is 357 g/mol. The molecule has 132 valence electrons. The molecule has 0 saturated carbocycles. The lowest BCUT2D eigenvalue weighted by molar-refractivity contribution is 0.102. The maximum Gasteiger partial charge on any atom is 0.255 e. The van der Waals surface area contributed by atoms with Gasteiger partial charge in [-0.05, 0) is 42.8 Å². The summed E-state index contributed by atoms with van der Waals surface area (Å²) < 4.78 is 39.8. The maximum absolute atomic E-state index is 13.7. The molecule has 3 rings (SSSR count). The summed E-state index contributed by atoms with van der Waals surface area (Å²) in [6.45, 7) is 1.83. The van der Waals surface area contributed by atoms with Crippen molar-refractivity contribution in [3.05, 3.63) is 83.3 Å². The van der Waals surface area contributed by atoms with E-state index >= 15 is 0 Å². The van der Waals surface area contributed by atoms with E-state index in [1.165, 1.54) is 12.3 Å². The third-order valence-corrected chi connectivity index (χ3v) is 3.71. The van der Waals surface area contributed by atoms with Crippen LogP contribution in [0.15, 0.2) is 54.7 Å². The van der Waals surface area contributed by atoms with E-state index in [1.54, 1.807) is 18.2 Å². The van der Waals surface area contributed by atoms with Crippen molar-refractivity contribution in [2.45, 2.75) is 6.92 Å². The highest BCUT2D eigenvalue weighted by molar-refractivity contribution is 6.05. The Morgan fingerprint density at radius 3 is 2.42 bits per heavy atom. The summed E-state index contributed by atoms with van der Waals surface area (Å²) in [6.07, 6.45) is 1.37. The van der Waals surface area contributed by atoms with Gasteiger partial charge in [0.05, 0.1) is 17.6 Å². The van der Waals surface area contributed by atoms with Crippen molar-refractivity contribution in [1.29, 1.82) is 0 Å². The number of carbonyl (C=O) groups excluding carboxylic acids is 1. The second-order valence-corrected chi connectivity index (χ2v) is 5.55. The van der Waals surface area contributed by atoms with Crippen LogP contribution in [-0.2, 0) is 0 Å². The molecule has 2 N–H and O–H groups in total. The Bertz CT molecular complexity index is 959. The zero-order chi connectivity index (χ0) is 18.7. The average Bonchev–Trinajstić information content (AvgIpc) is 2.64. The van der Waals surface area contributed by atoms with E-state index in [0.29, 0.717) is 11.3 Å². The second-order valence-electron chi connectivity index (χ2n) is 5.55. The molecule has 1 heterocycles. The first kappa shape index (κ1) is 17.5. The summed E-state index contributed by atoms with van der Waals surface area (Å²) in [5.41, 5.74) is 1.58. The van der Waals surface area contributed by atoms with Gasteiger partial charge in [-0.1, -0.05) is 18.2 Å². The lowest BCUT2D eigenvalue weighted by Gasteiger charge is -2.10. The fourth-order valence-electron chi connectivity index (χ4n) is 2.33. The molecule has 3 aromatic rings. The van der Waals surface area contributed by atoms with Crippen LogP contribution in [0.3, 0.4) is 0 Å². The summed E-state index contributed by atoms with van der Waals surface area (Å²) >= 11 is 0.